The lowest BCUT2D eigenvalue weighted by Crippen LogP contribution is -2.55. The number of nitrogens with one attached hydrogen (secondary N) is 1. The molecule has 0 saturated heterocycles. The van der Waals surface area contributed by atoms with Gasteiger partial charge >= 0.3 is 5.97 Å². The summed E-state index contributed by atoms with van der Waals surface area (Å²) in [6.07, 6.45) is 1.89. The SMILES string of the molecule is CCN(CC(=O)O)C1CC(NS(=O)(=O)CCc2cccs2)C1. The van der Waals surface area contributed by atoms with Crippen LogP contribution in [0.1, 0.15) is 24.6 Å². The first kappa shape index (κ1) is 17.4. The molecule has 1 aliphatic carbocycles. The molecule has 6 nitrogen and oxygen atoms in total. The van der Waals surface area contributed by atoms with Gasteiger partial charge < -0.3 is 5.11 Å². The van der Waals surface area contributed by atoms with Crippen LogP contribution in [0.15, 0.2) is 17.5 Å². The maximum Gasteiger partial charge on any atom is 0.317 e. The third-order valence-corrected chi connectivity index (χ3v) is 6.29. The van der Waals surface area contributed by atoms with Gasteiger partial charge in [0.15, 0.2) is 0 Å². The second-order valence-corrected chi connectivity index (χ2v) is 8.45. The summed E-state index contributed by atoms with van der Waals surface area (Å²) in [5, 5.41) is 10.8. The molecule has 0 aromatic carbocycles. The van der Waals surface area contributed by atoms with Gasteiger partial charge in [-0.2, -0.15) is 0 Å². The minimum Gasteiger partial charge on any atom is -0.480 e. The summed E-state index contributed by atoms with van der Waals surface area (Å²) in [5.41, 5.74) is 0. The van der Waals surface area contributed by atoms with E-state index in [1.807, 2.05) is 29.3 Å². The quantitative estimate of drug-likeness (QED) is 0.700. The van der Waals surface area contributed by atoms with Crippen molar-refractivity contribution >= 4 is 27.3 Å². The lowest BCUT2D eigenvalue weighted by molar-refractivity contribution is -0.139. The molecule has 1 aliphatic rings. The normalized spacial score (nSPS) is 21.7. The van der Waals surface area contributed by atoms with Crippen molar-refractivity contribution in [2.24, 2.45) is 0 Å². The first-order valence-corrected chi connectivity index (χ1v) is 9.91. The Labute approximate surface area is 135 Å². The van der Waals surface area contributed by atoms with Crippen LogP contribution >= 0.6 is 11.3 Å². The van der Waals surface area contributed by atoms with Gasteiger partial charge in [-0.1, -0.05) is 13.0 Å². The lowest BCUT2D eigenvalue weighted by atomic mass is 9.86. The van der Waals surface area contributed by atoms with Crippen LogP contribution in [0, 0.1) is 0 Å². The zero-order valence-electron chi connectivity index (χ0n) is 12.6. The number of hydrogen-bond donors (Lipinski definition) is 2. The van der Waals surface area contributed by atoms with Crippen LogP contribution in [0.25, 0.3) is 0 Å². The fraction of sp³-hybridized carbons (Fsp3) is 0.643. The molecule has 0 amide bonds. The molecule has 0 radical (unpaired) electrons. The first-order valence-electron chi connectivity index (χ1n) is 7.38. The van der Waals surface area contributed by atoms with Crippen molar-refractivity contribution in [2.75, 3.05) is 18.8 Å². The molecule has 1 fully saturated rings. The van der Waals surface area contributed by atoms with Gasteiger partial charge in [0.05, 0.1) is 12.3 Å². The van der Waals surface area contributed by atoms with Gasteiger partial charge in [-0.05, 0) is 37.3 Å². The third kappa shape index (κ3) is 5.05. The highest BCUT2D eigenvalue weighted by Crippen LogP contribution is 2.26. The molecule has 2 rings (SSSR count). The highest BCUT2D eigenvalue weighted by Gasteiger charge is 2.35. The molecule has 0 atom stereocenters. The third-order valence-electron chi connectivity index (χ3n) is 3.92. The molecule has 124 valence electrons. The van der Waals surface area contributed by atoms with Gasteiger partial charge in [-0.15, -0.1) is 11.3 Å². The molecule has 8 heteroatoms. The number of carbonyl (C=O) groups is 1. The Morgan fingerprint density at radius 3 is 2.77 bits per heavy atom. The van der Waals surface area contributed by atoms with Gasteiger partial charge in [0.2, 0.25) is 10.0 Å². The fourth-order valence-corrected chi connectivity index (χ4v) is 4.80. The summed E-state index contributed by atoms with van der Waals surface area (Å²) < 4.78 is 26.8. The Bertz CT molecular complexity index is 580. The molecule has 0 bridgehead atoms. The van der Waals surface area contributed by atoms with Crippen molar-refractivity contribution in [3.05, 3.63) is 22.4 Å². The van der Waals surface area contributed by atoms with E-state index in [-0.39, 0.29) is 24.4 Å². The lowest BCUT2D eigenvalue weighted by Gasteiger charge is -2.42. The van der Waals surface area contributed by atoms with Crippen LogP contribution in [0.3, 0.4) is 0 Å². The van der Waals surface area contributed by atoms with Crippen molar-refractivity contribution in [1.29, 1.82) is 0 Å². The monoisotopic (exact) mass is 346 g/mol. The van der Waals surface area contributed by atoms with Crippen LogP contribution in [0.2, 0.25) is 0 Å². The second-order valence-electron chi connectivity index (χ2n) is 5.55. The number of carboxylic acids is 1. The van der Waals surface area contributed by atoms with Gasteiger partial charge in [0.25, 0.3) is 0 Å². The standard InChI is InChI=1S/C14H22N2O4S2/c1-2-16(10-14(17)18)12-8-11(9-12)15-22(19,20)7-5-13-4-3-6-21-13/h3-4,6,11-12,15H,2,5,7-10H2,1H3,(H,17,18). The van der Waals surface area contributed by atoms with Crippen molar-refractivity contribution in [2.45, 2.75) is 38.3 Å². The van der Waals surface area contributed by atoms with Gasteiger partial charge in [-0.3, -0.25) is 9.69 Å². The second kappa shape index (κ2) is 7.54. The topological polar surface area (TPSA) is 86.7 Å². The highest BCUT2D eigenvalue weighted by atomic mass is 32.2. The van der Waals surface area contributed by atoms with Gasteiger partial charge in [0.1, 0.15) is 0 Å². The van der Waals surface area contributed by atoms with Crippen LogP contribution in [-0.2, 0) is 21.2 Å². The predicted octanol–water partition coefficient (Wildman–Crippen LogP) is 1.15. The first-order chi connectivity index (χ1) is 10.4. The summed E-state index contributed by atoms with van der Waals surface area (Å²) >= 11 is 1.56. The minimum absolute atomic E-state index is 0.0129. The number of likely N-dealkylation sites (N-methyl/N-ethyl adjacent to an activating group) is 1. The molecular weight excluding hydrogens is 324 g/mol. The van der Waals surface area contributed by atoms with Crippen molar-refractivity contribution in [1.82, 2.24) is 9.62 Å². The number of hydrogen-bond acceptors (Lipinski definition) is 5. The molecular formula is C14H22N2O4S2. The smallest absolute Gasteiger partial charge is 0.317 e. The van der Waals surface area contributed by atoms with E-state index in [0.717, 1.165) is 4.88 Å². The summed E-state index contributed by atoms with van der Waals surface area (Å²) in [4.78, 5) is 13.7. The Balaban J connectivity index is 1.75. The number of sulfonamides is 1. The number of nitrogens with zero attached hydrogens (tertiary/aromatic N) is 1. The van der Waals surface area contributed by atoms with E-state index in [9.17, 15) is 13.2 Å². The van der Waals surface area contributed by atoms with Gasteiger partial charge in [-0.25, -0.2) is 13.1 Å². The Morgan fingerprint density at radius 2 is 2.23 bits per heavy atom. The van der Waals surface area contributed by atoms with E-state index >= 15 is 0 Å². The molecule has 1 aromatic rings. The maximum absolute atomic E-state index is 12.0. The largest absolute Gasteiger partial charge is 0.480 e. The van der Waals surface area contributed by atoms with Crippen LogP contribution in [0.5, 0.6) is 0 Å². The Morgan fingerprint density at radius 1 is 1.50 bits per heavy atom. The van der Waals surface area contributed by atoms with E-state index in [2.05, 4.69) is 4.72 Å². The van der Waals surface area contributed by atoms with Crippen molar-refractivity contribution in [3.8, 4) is 0 Å². The number of carboxylic acid groups (broad SMARTS) is 1. The molecule has 0 aliphatic heterocycles. The van der Waals surface area contributed by atoms with E-state index in [0.29, 0.717) is 25.8 Å². The van der Waals surface area contributed by atoms with E-state index in [1.54, 1.807) is 11.3 Å². The molecule has 22 heavy (non-hydrogen) atoms. The fourth-order valence-electron chi connectivity index (χ4n) is 2.66. The summed E-state index contributed by atoms with van der Waals surface area (Å²) in [7, 11) is -3.27. The zero-order chi connectivity index (χ0) is 16.2. The number of aryl methyl sites for hydroxylation is 1. The number of rotatable bonds is 9. The molecule has 1 heterocycles. The van der Waals surface area contributed by atoms with Crippen LogP contribution in [0.4, 0.5) is 0 Å². The van der Waals surface area contributed by atoms with Crippen molar-refractivity contribution in [3.63, 3.8) is 0 Å². The van der Waals surface area contributed by atoms with Crippen LogP contribution in [-0.4, -0.2) is 55.3 Å². The summed E-state index contributed by atoms with van der Waals surface area (Å²) in [6.45, 7) is 2.59. The minimum atomic E-state index is -3.27. The predicted molar refractivity (Wildman–Crippen MR) is 86.6 cm³/mol. The average Bonchev–Trinajstić information content (AvgIpc) is 2.91. The maximum atomic E-state index is 12.0. The molecule has 0 unspecified atom stereocenters. The number of aliphatic carboxylic acids is 1. The molecule has 0 spiro atoms. The molecule has 1 saturated carbocycles. The molecule has 2 N–H and O–H groups in total. The Kier molecular flexibility index (Phi) is 5.96. The van der Waals surface area contributed by atoms with Gasteiger partial charge in [0, 0.05) is 17.0 Å². The zero-order valence-corrected chi connectivity index (χ0v) is 14.2. The average molecular weight is 346 g/mol. The van der Waals surface area contributed by atoms with E-state index < -0.39 is 16.0 Å². The highest BCUT2D eigenvalue weighted by molar-refractivity contribution is 7.89. The van der Waals surface area contributed by atoms with E-state index in [1.165, 1.54) is 0 Å². The Hall–Kier alpha value is -0.960. The molecule has 1 aromatic heterocycles. The summed E-state index contributed by atoms with van der Waals surface area (Å²) in [5.74, 6) is -0.747. The van der Waals surface area contributed by atoms with Crippen LogP contribution < -0.4 is 4.72 Å². The summed E-state index contributed by atoms with van der Waals surface area (Å²) in [6, 6.07) is 3.94. The van der Waals surface area contributed by atoms with Crippen molar-refractivity contribution < 1.29 is 18.3 Å². The number of thiophene rings is 1. The van der Waals surface area contributed by atoms with E-state index in [4.69, 9.17) is 5.11 Å².